The largest absolute Gasteiger partial charge is 0.488 e. The molecule has 0 radical (unpaired) electrons. The van der Waals surface area contributed by atoms with Gasteiger partial charge in [0.05, 0.1) is 23.9 Å². The Morgan fingerprint density at radius 2 is 2.27 bits per heavy atom. The van der Waals surface area contributed by atoms with Crippen molar-refractivity contribution in [3.05, 3.63) is 18.2 Å². The number of rotatable bonds is 0. The van der Waals surface area contributed by atoms with Crippen molar-refractivity contribution in [1.29, 1.82) is 0 Å². The summed E-state index contributed by atoms with van der Waals surface area (Å²) in [5, 5.41) is 0. The molecule has 2 rings (SSSR count). The number of hydrogen-bond acceptors (Lipinski definition) is 3. The summed E-state index contributed by atoms with van der Waals surface area (Å²) in [6.07, 6.45) is 0. The number of benzene rings is 1. The van der Waals surface area contributed by atoms with Gasteiger partial charge in [-0.2, -0.15) is 0 Å². The van der Waals surface area contributed by atoms with Crippen molar-refractivity contribution in [2.24, 2.45) is 5.92 Å². The summed E-state index contributed by atoms with van der Waals surface area (Å²) in [6.45, 7) is 2.23. The molecule has 0 saturated heterocycles. The second kappa shape index (κ2) is 3.46. The summed E-state index contributed by atoms with van der Waals surface area (Å²) >= 11 is 0. The second-order valence-electron chi connectivity index (χ2n) is 3.80. The Balaban J connectivity index is 2.52. The van der Waals surface area contributed by atoms with Crippen molar-refractivity contribution >= 4 is 17.3 Å². The smallest absolute Gasteiger partial charge is 0.233 e. The Morgan fingerprint density at radius 3 is 3.00 bits per heavy atom. The predicted molar refractivity (Wildman–Crippen MR) is 58.9 cm³/mol. The van der Waals surface area contributed by atoms with Gasteiger partial charge in [-0.05, 0) is 12.1 Å². The quantitative estimate of drug-likeness (QED) is 0.650. The minimum absolute atomic E-state index is 0.0550. The maximum atomic E-state index is 11.8. The molecular formula is C11H14N2O2. The third-order valence-corrected chi connectivity index (χ3v) is 2.62. The summed E-state index contributed by atoms with van der Waals surface area (Å²) in [5.41, 5.74) is 7.11. The molecule has 1 heterocycles. The lowest BCUT2D eigenvalue weighted by molar-refractivity contribution is -0.122. The van der Waals surface area contributed by atoms with Gasteiger partial charge in [0, 0.05) is 7.05 Å². The van der Waals surface area contributed by atoms with E-state index in [-0.39, 0.29) is 11.8 Å². The van der Waals surface area contributed by atoms with Crippen LogP contribution in [0.5, 0.6) is 5.75 Å². The lowest BCUT2D eigenvalue weighted by atomic mass is 10.1. The highest BCUT2D eigenvalue weighted by atomic mass is 16.5. The monoisotopic (exact) mass is 206 g/mol. The second-order valence-corrected chi connectivity index (χ2v) is 3.80. The summed E-state index contributed by atoms with van der Waals surface area (Å²) in [5.74, 6) is 0.527. The molecule has 15 heavy (non-hydrogen) atoms. The van der Waals surface area contributed by atoms with Gasteiger partial charge in [-0.1, -0.05) is 13.0 Å². The number of nitrogen functional groups attached to an aromatic ring is 1. The van der Waals surface area contributed by atoms with Crippen LogP contribution in [0.3, 0.4) is 0 Å². The molecule has 1 aromatic carbocycles. The average Bonchev–Trinajstić information content (AvgIpc) is 2.33. The van der Waals surface area contributed by atoms with Crippen molar-refractivity contribution in [2.75, 3.05) is 24.3 Å². The zero-order chi connectivity index (χ0) is 11.0. The molecule has 80 valence electrons. The summed E-state index contributed by atoms with van der Waals surface area (Å²) in [4.78, 5) is 13.4. The number of fused-ring (bicyclic) bond motifs is 1. The van der Waals surface area contributed by atoms with Crippen molar-refractivity contribution in [3.63, 3.8) is 0 Å². The van der Waals surface area contributed by atoms with E-state index in [1.54, 1.807) is 18.0 Å². The molecule has 0 spiro atoms. The Kier molecular flexibility index (Phi) is 2.26. The van der Waals surface area contributed by atoms with Gasteiger partial charge in [0.15, 0.2) is 5.75 Å². The van der Waals surface area contributed by atoms with E-state index in [0.29, 0.717) is 18.0 Å². The standard InChI is InChI=1S/C11H14N2O2/c1-7-6-15-10-8(12)4-3-5-9(10)13(2)11(7)14/h3-5,7H,6,12H2,1-2H3. The fourth-order valence-electron chi connectivity index (χ4n) is 1.69. The van der Waals surface area contributed by atoms with Crippen LogP contribution in [-0.4, -0.2) is 19.6 Å². The molecule has 4 heteroatoms. The molecule has 0 aromatic heterocycles. The van der Waals surface area contributed by atoms with Gasteiger partial charge >= 0.3 is 0 Å². The molecule has 0 bridgehead atoms. The summed E-state index contributed by atoms with van der Waals surface area (Å²) in [6, 6.07) is 5.42. The topological polar surface area (TPSA) is 55.6 Å². The first-order chi connectivity index (χ1) is 7.11. The lowest BCUT2D eigenvalue weighted by Gasteiger charge is -2.17. The first-order valence-corrected chi connectivity index (χ1v) is 4.90. The highest BCUT2D eigenvalue weighted by Crippen LogP contribution is 2.36. The molecule has 1 aromatic rings. The van der Waals surface area contributed by atoms with Crippen LogP contribution in [0.1, 0.15) is 6.92 Å². The molecule has 0 saturated carbocycles. The van der Waals surface area contributed by atoms with Crippen LogP contribution in [-0.2, 0) is 4.79 Å². The zero-order valence-electron chi connectivity index (χ0n) is 8.86. The molecule has 1 unspecified atom stereocenters. The van der Waals surface area contributed by atoms with E-state index in [9.17, 15) is 4.79 Å². The van der Waals surface area contributed by atoms with E-state index in [0.717, 1.165) is 5.69 Å². The normalized spacial score (nSPS) is 20.5. The van der Waals surface area contributed by atoms with Gasteiger partial charge in [-0.25, -0.2) is 0 Å². The minimum atomic E-state index is -0.137. The van der Waals surface area contributed by atoms with E-state index < -0.39 is 0 Å². The molecule has 1 aliphatic heterocycles. The van der Waals surface area contributed by atoms with Crippen LogP contribution in [0.2, 0.25) is 0 Å². The first-order valence-electron chi connectivity index (χ1n) is 4.90. The van der Waals surface area contributed by atoms with E-state index in [1.165, 1.54) is 0 Å². The minimum Gasteiger partial charge on any atom is -0.488 e. The number of nitrogens with two attached hydrogens (primary N) is 1. The van der Waals surface area contributed by atoms with Crippen LogP contribution in [0.25, 0.3) is 0 Å². The predicted octanol–water partition coefficient (Wildman–Crippen LogP) is 1.26. The van der Waals surface area contributed by atoms with E-state index in [2.05, 4.69) is 0 Å². The average molecular weight is 206 g/mol. The number of anilines is 2. The van der Waals surface area contributed by atoms with Crippen molar-refractivity contribution in [2.45, 2.75) is 6.92 Å². The zero-order valence-corrected chi connectivity index (χ0v) is 8.86. The molecule has 2 N–H and O–H groups in total. The Hall–Kier alpha value is -1.71. The molecule has 1 amide bonds. The maximum absolute atomic E-state index is 11.8. The van der Waals surface area contributed by atoms with Crippen LogP contribution in [0, 0.1) is 5.92 Å². The van der Waals surface area contributed by atoms with Crippen molar-refractivity contribution in [1.82, 2.24) is 0 Å². The third kappa shape index (κ3) is 1.52. The Morgan fingerprint density at radius 1 is 1.53 bits per heavy atom. The third-order valence-electron chi connectivity index (χ3n) is 2.62. The van der Waals surface area contributed by atoms with Crippen LogP contribution < -0.4 is 15.4 Å². The Labute approximate surface area is 88.6 Å². The van der Waals surface area contributed by atoms with Crippen molar-refractivity contribution < 1.29 is 9.53 Å². The van der Waals surface area contributed by atoms with Gasteiger partial charge in [-0.3, -0.25) is 4.79 Å². The molecule has 1 aliphatic rings. The van der Waals surface area contributed by atoms with Gasteiger partial charge in [0.25, 0.3) is 0 Å². The number of carbonyl (C=O) groups is 1. The SMILES string of the molecule is CC1COc2c(N)cccc2N(C)C1=O. The lowest BCUT2D eigenvalue weighted by Crippen LogP contribution is -2.31. The fourth-order valence-corrected chi connectivity index (χ4v) is 1.69. The molecule has 0 fully saturated rings. The number of carbonyl (C=O) groups excluding carboxylic acids is 1. The number of nitrogens with zero attached hydrogens (tertiary/aromatic N) is 1. The maximum Gasteiger partial charge on any atom is 0.233 e. The summed E-state index contributed by atoms with van der Waals surface area (Å²) in [7, 11) is 1.74. The van der Waals surface area contributed by atoms with Crippen molar-refractivity contribution in [3.8, 4) is 5.75 Å². The van der Waals surface area contributed by atoms with Gasteiger partial charge in [-0.15, -0.1) is 0 Å². The van der Waals surface area contributed by atoms with E-state index >= 15 is 0 Å². The number of hydrogen-bond donors (Lipinski definition) is 1. The number of ether oxygens (including phenoxy) is 1. The fraction of sp³-hybridized carbons (Fsp3) is 0.364. The highest BCUT2D eigenvalue weighted by Gasteiger charge is 2.26. The van der Waals surface area contributed by atoms with Crippen LogP contribution in [0.4, 0.5) is 11.4 Å². The van der Waals surface area contributed by atoms with Gasteiger partial charge < -0.3 is 15.4 Å². The van der Waals surface area contributed by atoms with E-state index in [1.807, 2.05) is 19.1 Å². The summed E-state index contributed by atoms with van der Waals surface area (Å²) < 4.78 is 5.54. The number of amides is 1. The number of para-hydroxylation sites is 1. The van der Waals surface area contributed by atoms with Crippen LogP contribution >= 0.6 is 0 Å². The molecule has 1 atom stereocenters. The van der Waals surface area contributed by atoms with Gasteiger partial charge in [0.1, 0.15) is 0 Å². The first kappa shape index (κ1) is 9.83. The van der Waals surface area contributed by atoms with E-state index in [4.69, 9.17) is 10.5 Å². The molecular weight excluding hydrogens is 192 g/mol. The van der Waals surface area contributed by atoms with Gasteiger partial charge in [0.2, 0.25) is 5.91 Å². The molecule has 4 nitrogen and oxygen atoms in total. The Bertz CT molecular complexity index is 404. The molecule has 0 aliphatic carbocycles. The van der Waals surface area contributed by atoms with Crippen LogP contribution in [0.15, 0.2) is 18.2 Å². The highest BCUT2D eigenvalue weighted by molar-refractivity contribution is 5.97.